The Hall–Kier alpha value is -3.66. The number of carbonyl (C=O) groups is 1. The monoisotopic (exact) mass is 521 g/mol. The number of aromatic nitrogens is 3. The minimum Gasteiger partial charge on any atom is -0.456 e. The fraction of sp³-hybridized carbons (Fsp3) is 0.192. The number of amides is 1. The lowest BCUT2D eigenvalue weighted by atomic mass is 10.1. The van der Waals surface area contributed by atoms with Crippen LogP contribution in [0.4, 0.5) is 11.5 Å². The van der Waals surface area contributed by atoms with E-state index >= 15 is 0 Å². The summed E-state index contributed by atoms with van der Waals surface area (Å²) in [6, 6.07) is 15.4. The summed E-state index contributed by atoms with van der Waals surface area (Å²) in [5.74, 6) is 1.45. The fourth-order valence-corrected chi connectivity index (χ4v) is 4.78. The number of anilines is 2. The average molecular weight is 522 g/mol. The number of nitrogens with one attached hydrogen (secondary N) is 2. The second kappa shape index (κ2) is 9.77. The first kappa shape index (κ1) is 24.1. The van der Waals surface area contributed by atoms with Crippen molar-refractivity contribution in [2.24, 2.45) is 0 Å². The van der Waals surface area contributed by atoms with Crippen LogP contribution in [0.5, 0.6) is 11.5 Å². The van der Waals surface area contributed by atoms with Crippen LogP contribution in [0.25, 0.3) is 21.1 Å². The van der Waals surface area contributed by atoms with Crippen molar-refractivity contribution in [1.29, 1.82) is 0 Å². The number of halogens is 1. The van der Waals surface area contributed by atoms with Gasteiger partial charge >= 0.3 is 0 Å². The molecule has 1 amide bonds. The topological polar surface area (TPSA) is 101 Å². The van der Waals surface area contributed by atoms with Crippen LogP contribution >= 0.6 is 22.9 Å². The Balaban J connectivity index is 1.32. The minimum absolute atomic E-state index is 0.343. The Bertz CT molecular complexity index is 1560. The van der Waals surface area contributed by atoms with Gasteiger partial charge in [-0.15, -0.1) is 11.3 Å². The maximum atomic E-state index is 12.0. The van der Waals surface area contributed by atoms with Crippen LogP contribution in [-0.2, 0) is 11.3 Å². The Kier molecular flexibility index (Phi) is 6.53. The van der Waals surface area contributed by atoms with E-state index in [9.17, 15) is 9.90 Å². The molecule has 10 heteroatoms. The zero-order chi connectivity index (χ0) is 25.3. The first-order valence-electron chi connectivity index (χ1n) is 11.3. The molecule has 5 aromatic rings. The number of hydrogen-bond donors (Lipinski definition) is 3. The second-order valence-corrected chi connectivity index (χ2v) is 10.1. The molecular weight excluding hydrogens is 498 g/mol. The molecule has 36 heavy (non-hydrogen) atoms. The first-order valence-corrected chi connectivity index (χ1v) is 12.6. The highest BCUT2D eigenvalue weighted by Gasteiger charge is 2.23. The summed E-state index contributed by atoms with van der Waals surface area (Å²) in [5, 5.41) is 19.5. The van der Waals surface area contributed by atoms with Crippen LogP contribution in [0.2, 0.25) is 5.02 Å². The largest absolute Gasteiger partial charge is 0.456 e. The van der Waals surface area contributed by atoms with E-state index in [0.29, 0.717) is 29.7 Å². The van der Waals surface area contributed by atoms with E-state index in [2.05, 4.69) is 26.7 Å². The molecule has 0 atom stereocenters. The second-order valence-electron chi connectivity index (χ2n) is 8.77. The van der Waals surface area contributed by atoms with Crippen molar-refractivity contribution >= 4 is 61.5 Å². The lowest BCUT2D eigenvalue weighted by Crippen LogP contribution is -2.43. The first-order chi connectivity index (χ1) is 17.3. The third kappa shape index (κ3) is 5.13. The Morgan fingerprint density at radius 3 is 2.83 bits per heavy atom. The summed E-state index contributed by atoms with van der Waals surface area (Å²) in [5.41, 5.74) is 0.858. The molecule has 3 N–H and O–H groups in total. The van der Waals surface area contributed by atoms with Gasteiger partial charge < -0.3 is 25.0 Å². The standard InChI is InChI=1S/C26H24ClN5O3S/c1-26(2,34)25(33)28-9-11-32-10-7-20-23(32)24(30-15-29-20)31-17-4-6-21(19(27)13-17)35-18-5-3-16-8-12-36-22(16)14-18/h3-8,10,12-15,34H,9,11H2,1-2H3,(H,28,33)(H,29,30,31). The molecule has 0 aliphatic heterocycles. The van der Waals surface area contributed by atoms with Gasteiger partial charge in [0.1, 0.15) is 28.9 Å². The Morgan fingerprint density at radius 2 is 2.03 bits per heavy atom. The van der Waals surface area contributed by atoms with Crippen molar-refractivity contribution in [3.63, 3.8) is 0 Å². The third-order valence-corrected chi connectivity index (χ3v) is 6.77. The number of aliphatic hydroxyl groups is 1. The maximum absolute atomic E-state index is 12.0. The molecule has 0 saturated carbocycles. The van der Waals surface area contributed by atoms with Crippen LogP contribution in [0.3, 0.4) is 0 Å². The summed E-state index contributed by atoms with van der Waals surface area (Å²) in [6.07, 6.45) is 3.37. The van der Waals surface area contributed by atoms with Gasteiger partial charge in [-0.1, -0.05) is 11.6 Å². The van der Waals surface area contributed by atoms with Crippen LogP contribution in [0.1, 0.15) is 13.8 Å². The van der Waals surface area contributed by atoms with Crippen molar-refractivity contribution in [2.45, 2.75) is 26.0 Å². The molecule has 5 rings (SSSR count). The number of thiophene rings is 1. The van der Waals surface area contributed by atoms with E-state index in [0.717, 1.165) is 27.2 Å². The van der Waals surface area contributed by atoms with E-state index < -0.39 is 11.5 Å². The molecule has 0 bridgehead atoms. The highest BCUT2D eigenvalue weighted by molar-refractivity contribution is 7.17. The van der Waals surface area contributed by atoms with Crippen molar-refractivity contribution in [2.75, 3.05) is 11.9 Å². The summed E-state index contributed by atoms with van der Waals surface area (Å²) >= 11 is 8.21. The molecule has 0 unspecified atom stereocenters. The van der Waals surface area contributed by atoms with Crippen LogP contribution in [-0.4, -0.2) is 37.7 Å². The van der Waals surface area contributed by atoms with Crippen molar-refractivity contribution in [1.82, 2.24) is 19.9 Å². The smallest absolute Gasteiger partial charge is 0.251 e. The molecule has 0 spiro atoms. The molecule has 3 heterocycles. The van der Waals surface area contributed by atoms with Crippen molar-refractivity contribution in [3.05, 3.63) is 71.5 Å². The van der Waals surface area contributed by atoms with Crippen molar-refractivity contribution in [3.8, 4) is 11.5 Å². The lowest BCUT2D eigenvalue weighted by Gasteiger charge is -2.17. The van der Waals surface area contributed by atoms with Gasteiger partial charge in [0.05, 0.1) is 10.5 Å². The summed E-state index contributed by atoms with van der Waals surface area (Å²) < 4.78 is 9.12. The zero-order valence-electron chi connectivity index (χ0n) is 19.7. The van der Waals surface area contributed by atoms with Gasteiger partial charge in [0.2, 0.25) is 0 Å². The van der Waals surface area contributed by atoms with Gasteiger partial charge in [0.25, 0.3) is 5.91 Å². The van der Waals surface area contributed by atoms with Crippen LogP contribution < -0.4 is 15.4 Å². The van der Waals surface area contributed by atoms with E-state index in [1.54, 1.807) is 17.4 Å². The molecule has 0 aliphatic carbocycles. The summed E-state index contributed by atoms with van der Waals surface area (Å²) in [6.45, 7) is 3.73. The number of carbonyl (C=O) groups excluding carboxylic acids is 1. The molecule has 8 nitrogen and oxygen atoms in total. The Morgan fingerprint density at radius 1 is 1.17 bits per heavy atom. The number of rotatable bonds is 8. The average Bonchev–Trinajstić information content (AvgIpc) is 3.47. The van der Waals surface area contributed by atoms with Crippen LogP contribution in [0, 0.1) is 0 Å². The Labute approximate surface area is 216 Å². The number of benzene rings is 2. The van der Waals surface area contributed by atoms with Crippen LogP contribution in [0.15, 0.2) is 66.4 Å². The normalized spacial score (nSPS) is 11.7. The molecular formula is C26H24ClN5O3S. The number of fused-ring (bicyclic) bond motifs is 2. The van der Waals surface area contributed by atoms with Gasteiger partial charge in [-0.25, -0.2) is 9.97 Å². The van der Waals surface area contributed by atoms with Gasteiger partial charge in [-0.2, -0.15) is 0 Å². The lowest BCUT2D eigenvalue weighted by molar-refractivity contribution is -0.136. The quantitative estimate of drug-likeness (QED) is 0.241. The van der Waals surface area contributed by atoms with E-state index in [-0.39, 0.29) is 0 Å². The summed E-state index contributed by atoms with van der Waals surface area (Å²) in [7, 11) is 0. The molecule has 2 aromatic carbocycles. The van der Waals surface area contributed by atoms with Crippen molar-refractivity contribution < 1.29 is 14.6 Å². The molecule has 0 fully saturated rings. The highest BCUT2D eigenvalue weighted by atomic mass is 35.5. The minimum atomic E-state index is -1.43. The van der Waals surface area contributed by atoms with E-state index in [4.69, 9.17) is 16.3 Å². The van der Waals surface area contributed by atoms with Gasteiger partial charge in [0.15, 0.2) is 5.82 Å². The number of ether oxygens (including phenoxy) is 1. The van der Waals surface area contributed by atoms with Gasteiger partial charge in [-0.3, -0.25) is 4.79 Å². The predicted octanol–water partition coefficient (Wildman–Crippen LogP) is 5.72. The molecule has 184 valence electrons. The fourth-order valence-electron chi connectivity index (χ4n) is 3.74. The van der Waals surface area contributed by atoms with E-state index in [1.165, 1.54) is 25.6 Å². The third-order valence-electron chi connectivity index (χ3n) is 5.59. The molecule has 0 saturated heterocycles. The summed E-state index contributed by atoms with van der Waals surface area (Å²) in [4.78, 5) is 20.7. The number of nitrogens with zero attached hydrogens (tertiary/aromatic N) is 3. The maximum Gasteiger partial charge on any atom is 0.251 e. The zero-order valence-corrected chi connectivity index (χ0v) is 21.2. The number of hydrogen-bond acceptors (Lipinski definition) is 7. The SMILES string of the molecule is CC(C)(O)C(=O)NCCn1ccc2ncnc(Nc3ccc(Oc4ccc5ccsc5c4)c(Cl)c3)c21. The molecule has 0 radical (unpaired) electrons. The molecule has 3 aromatic heterocycles. The van der Waals surface area contributed by atoms with E-state index in [1.807, 2.05) is 52.5 Å². The predicted molar refractivity (Wildman–Crippen MR) is 143 cm³/mol. The van der Waals surface area contributed by atoms with Gasteiger partial charge in [-0.05, 0) is 73.1 Å². The highest BCUT2D eigenvalue weighted by Crippen LogP contribution is 2.35. The molecule has 0 aliphatic rings. The van der Waals surface area contributed by atoms with Gasteiger partial charge in [0, 0.05) is 29.7 Å².